The van der Waals surface area contributed by atoms with Crippen LogP contribution in [0.25, 0.3) is 22.4 Å². The first kappa shape index (κ1) is 22.7. The lowest BCUT2D eigenvalue weighted by atomic mass is 10.1. The Labute approximate surface area is 202 Å². The molecule has 0 spiro atoms. The Hall–Kier alpha value is -3.13. The van der Waals surface area contributed by atoms with Gasteiger partial charge in [-0.15, -0.1) is 10.2 Å². The number of hydrogen-bond acceptors (Lipinski definition) is 5. The maximum atomic E-state index is 13.6. The van der Waals surface area contributed by atoms with Gasteiger partial charge < -0.3 is 4.90 Å². The molecule has 1 unspecified atom stereocenters. The van der Waals surface area contributed by atoms with E-state index in [1.807, 2.05) is 66.5 Å². The van der Waals surface area contributed by atoms with Crippen molar-refractivity contribution in [3.05, 3.63) is 63.9 Å². The fourth-order valence-corrected chi connectivity index (χ4v) is 5.72. The largest absolute Gasteiger partial charge is 0.342 e. The second-order valence-corrected chi connectivity index (χ2v) is 10.4. The number of hydrogen-bond donors (Lipinski definition) is 0. The van der Waals surface area contributed by atoms with E-state index in [2.05, 4.69) is 16.3 Å². The van der Waals surface area contributed by atoms with Gasteiger partial charge in [-0.2, -0.15) is 0 Å². The average molecular weight is 476 g/mol. The number of para-hydroxylation sites is 1. The van der Waals surface area contributed by atoms with Gasteiger partial charge in [0, 0.05) is 13.1 Å². The normalized spacial score (nSPS) is 15.6. The second-order valence-electron chi connectivity index (χ2n) is 9.07. The highest BCUT2D eigenvalue weighted by molar-refractivity contribution is 8.00. The molecule has 2 aromatic carbocycles. The highest BCUT2D eigenvalue weighted by Crippen LogP contribution is 2.28. The van der Waals surface area contributed by atoms with E-state index in [0.717, 1.165) is 48.3 Å². The van der Waals surface area contributed by atoms with Gasteiger partial charge in [-0.05, 0) is 57.4 Å². The summed E-state index contributed by atoms with van der Waals surface area (Å²) in [6, 6.07) is 13.5. The Balaban J connectivity index is 1.63. The van der Waals surface area contributed by atoms with Crippen molar-refractivity contribution in [3.63, 3.8) is 0 Å². The first-order chi connectivity index (χ1) is 16.5. The molecule has 1 aliphatic rings. The number of carbonyl (C=O) groups is 1. The Morgan fingerprint density at radius 1 is 1.00 bits per heavy atom. The summed E-state index contributed by atoms with van der Waals surface area (Å²) >= 11 is 1.40. The minimum absolute atomic E-state index is 0.132. The van der Waals surface area contributed by atoms with Crippen LogP contribution in [0.4, 0.5) is 0 Å². The predicted octanol–water partition coefficient (Wildman–Crippen LogP) is 4.53. The summed E-state index contributed by atoms with van der Waals surface area (Å²) in [6.07, 6.45) is 4.48. The molecular weight excluding hydrogens is 446 g/mol. The molecule has 0 radical (unpaired) electrons. The number of aromatic nitrogens is 4. The van der Waals surface area contributed by atoms with Gasteiger partial charge in [0.2, 0.25) is 11.7 Å². The number of carbonyl (C=O) groups excluding carboxylic acids is 1. The standard InChI is InChI=1S/C26H29N5O2S/c1-17-12-13-21(18(2)16-17)30-24(33)20-10-6-7-11-22(20)31-25(30)27-28-26(31)34-19(3)23(32)29-14-8-4-5-9-15-29/h6-7,10-13,16,19H,4-5,8-9,14-15H2,1-3H3. The topological polar surface area (TPSA) is 72.5 Å². The van der Waals surface area contributed by atoms with E-state index in [1.165, 1.54) is 24.6 Å². The molecule has 1 aliphatic heterocycles. The van der Waals surface area contributed by atoms with Crippen molar-refractivity contribution in [1.82, 2.24) is 24.1 Å². The lowest BCUT2D eigenvalue weighted by Gasteiger charge is -2.23. The summed E-state index contributed by atoms with van der Waals surface area (Å²) in [6.45, 7) is 7.60. The fraction of sp³-hybridized carbons (Fsp3) is 0.385. The van der Waals surface area contributed by atoms with E-state index < -0.39 is 0 Å². The maximum absolute atomic E-state index is 13.6. The summed E-state index contributed by atoms with van der Waals surface area (Å²) in [7, 11) is 0. The van der Waals surface area contributed by atoms with Gasteiger partial charge in [-0.1, -0.05) is 54.4 Å². The Kier molecular flexibility index (Phi) is 6.16. The average Bonchev–Trinajstić information content (AvgIpc) is 3.04. The molecule has 0 bridgehead atoms. The number of likely N-dealkylation sites (tertiary alicyclic amines) is 1. The van der Waals surface area contributed by atoms with Crippen molar-refractivity contribution in [2.45, 2.75) is 56.9 Å². The van der Waals surface area contributed by atoms with Crippen molar-refractivity contribution in [2.24, 2.45) is 0 Å². The van der Waals surface area contributed by atoms with Crippen molar-refractivity contribution >= 4 is 34.3 Å². The van der Waals surface area contributed by atoms with E-state index in [1.54, 1.807) is 4.57 Å². The number of aryl methyl sites for hydroxylation is 2. The zero-order valence-electron chi connectivity index (χ0n) is 19.8. The van der Waals surface area contributed by atoms with Crippen LogP contribution in [0.1, 0.15) is 43.7 Å². The molecule has 34 heavy (non-hydrogen) atoms. The monoisotopic (exact) mass is 475 g/mol. The molecule has 5 rings (SSSR count). The molecule has 1 fully saturated rings. The molecule has 1 atom stereocenters. The van der Waals surface area contributed by atoms with Gasteiger partial charge >= 0.3 is 0 Å². The van der Waals surface area contributed by atoms with Crippen molar-refractivity contribution in [3.8, 4) is 5.69 Å². The zero-order valence-corrected chi connectivity index (χ0v) is 20.6. The highest BCUT2D eigenvalue weighted by atomic mass is 32.2. The third kappa shape index (κ3) is 4.00. The molecule has 0 N–H and O–H groups in total. The quantitative estimate of drug-likeness (QED) is 0.406. The lowest BCUT2D eigenvalue weighted by Crippen LogP contribution is -2.37. The Morgan fingerprint density at radius 2 is 1.74 bits per heavy atom. The van der Waals surface area contributed by atoms with Gasteiger partial charge in [0.15, 0.2) is 5.16 Å². The first-order valence-corrected chi connectivity index (χ1v) is 12.8. The first-order valence-electron chi connectivity index (χ1n) is 11.9. The maximum Gasteiger partial charge on any atom is 0.267 e. The van der Waals surface area contributed by atoms with Crippen molar-refractivity contribution in [1.29, 1.82) is 0 Å². The molecular formula is C26H29N5O2S. The van der Waals surface area contributed by atoms with Crippen LogP contribution in [0.3, 0.4) is 0 Å². The SMILES string of the molecule is Cc1ccc(-n2c(=O)c3ccccc3n3c(SC(C)C(=O)N4CCCCCC4)nnc23)c(C)c1. The molecule has 1 saturated heterocycles. The van der Waals surface area contributed by atoms with Crippen LogP contribution < -0.4 is 5.56 Å². The van der Waals surface area contributed by atoms with E-state index >= 15 is 0 Å². The van der Waals surface area contributed by atoms with Crippen LogP contribution >= 0.6 is 11.8 Å². The smallest absolute Gasteiger partial charge is 0.267 e. The van der Waals surface area contributed by atoms with Gasteiger partial charge in [-0.3, -0.25) is 14.0 Å². The zero-order chi connectivity index (χ0) is 23.8. The van der Waals surface area contributed by atoms with E-state index in [9.17, 15) is 9.59 Å². The number of benzene rings is 2. The molecule has 3 heterocycles. The predicted molar refractivity (Wildman–Crippen MR) is 136 cm³/mol. The van der Waals surface area contributed by atoms with Gasteiger partial charge in [0.05, 0.1) is 21.8 Å². The van der Waals surface area contributed by atoms with Crippen molar-refractivity contribution < 1.29 is 4.79 Å². The van der Waals surface area contributed by atoms with Crippen LogP contribution in [0.15, 0.2) is 52.4 Å². The summed E-state index contributed by atoms with van der Waals surface area (Å²) in [4.78, 5) is 28.7. The number of fused-ring (bicyclic) bond motifs is 3. The Bertz CT molecular complexity index is 1430. The van der Waals surface area contributed by atoms with E-state index in [-0.39, 0.29) is 16.7 Å². The molecule has 0 saturated carbocycles. The van der Waals surface area contributed by atoms with Gasteiger partial charge in [0.25, 0.3) is 5.56 Å². The third-order valence-corrected chi connectivity index (χ3v) is 7.57. The molecule has 176 valence electrons. The molecule has 8 heteroatoms. The summed E-state index contributed by atoms with van der Waals surface area (Å²) in [5.74, 6) is 0.586. The third-order valence-electron chi connectivity index (χ3n) is 6.54. The van der Waals surface area contributed by atoms with Crippen LogP contribution in [-0.2, 0) is 4.79 Å². The summed E-state index contributed by atoms with van der Waals surface area (Å²) < 4.78 is 3.54. The minimum Gasteiger partial charge on any atom is -0.342 e. The minimum atomic E-state index is -0.300. The molecule has 4 aromatic rings. The number of nitrogens with zero attached hydrogens (tertiary/aromatic N) is 5. The van der Waals surface area contributed by atoms with Crippen LogP contribution in [0.5, 0.6) is 0 Å². The molecule has 1 amide bonds. The van der Waals surface area contributed by atoms with Gasteiger partial charge in [0.1, 0.15) is 0 Å². The van der Waals surface area contributed by atoms with E-state index in [4.69, 9.17) is 0 Å². The van der Waals surface area contributed by atoms with Crippen molar-refractivity contribution in [2.75, 3.05) is 13.1 Å². The van der Waals surface area contributed by atoms with Crippen LogP contribution in [0, 0.1) is 13.8 Å². The summed E-state index contributed by atoms with van der Waals surface area (Å²) in [5, 5.41) is 9.79. The molecule has 0 aliphatic carbocycles. The van der Waals surface area contributed by atoms with Gasteiger partial charge in [-0.25, -0.2) is 4.57 Å². The summed E-state index contributed by atoms with van der Waals surface area (Å²) in [5.41, 5.74) is 3.51. The van der Waals surface area contributed by atoms with Crippen LogP contribution in [-0.4, -0.2) is 48.3 Å². The Morgan fingerprint density at radius 3 is 2.47 bits per heavy atom. The van der Waals surface area contributed by atoms with Crippen LogP contribution in [0.2, 0.25) is 0 Å². The fourth-order valence-electron chi connectivity index (χ4n) is 4.79. The number of thioether (sulfide) groups is 1. The lowest BCUT2D eigenvalue weighted by molar-refractivity contribution is -0.130. The number of amides is 1. The van der Waals surface area contributed by atoms with E-state index in [0.29, 0.717) is 16.3 Å². The molecule has 2 aromatic heterocycles. The highest BCUT2D eigenvalue weighted by Gasteiger charge is 2.26. The number of rotatable bonds is 4. The second kappa shape index (κ2) is 9.25. The molecule has 7 nitrogen and oxygen atoms in total.